The van der Waals surface area contributed by atoms with E-state index < -0.39 is 5.97 Å². The molecule has 0 aliphatic heterocycles. The molecule has 1 aromatic rings. The molecular weight excluding hydrogens is 216 g/mol. The molecule has 1 rings (SSSR count). The molecule has 1 aromatic heterocycles. The van der Waals surface area contributed by atoms with E-state index >= 15 is 0 Å². The van der Waals surface area contributed by atoms with Gasteiger partial charge in [-0.15, -0.1) is 11.3 Å². The van der Waals surface area contributed by atoms with Gasteiger partial charge in [0.05, 0.1) is 11.1 Å². The van der Waals surface area contributed by atoms with Crippen molar-refractivity contribution in [1.29, 1.82) is 0 Å². The Kier molecular flexibility index (Phi) is 3.56. The number of hydrogen-bond acceptors (Lipinski definition) is 5. The van der Waals surface area contributed by atoms with Crippen LogP contribution < -0.4 is 0 Å². The Bertz CT molecular complexity index is 409. The van der Waals surface area contributed by atoms with E-state index in [1.54, 1.807) is 25.2 Å². The zero-order valence-corrected chi connectivity index (χ0v) is 9.11. The van der Waals surface area contributed by atoms with Crippen LogP contribution in [0.1, 0.15) is 19.5 Å². The molecule has 1 heterocycles. The van der Waals surface area contributed by atoms with Crippen LogP contribution in [0.5, 0.6) is 0 Å². The average molecular weight is 226 g/mol. The summed E-state index contributed by atoms with van der Waals surface area (Å²) in [6.07, 6.45) is 4.25. The number of thiazole rings is 1. The van der Waals surface area contributed by atoms with Gasteiger partial charge in [-0.25, -0.2) is 9.78 Å². The Hall–Kier alpha value is -1.69. The van der Waals surface area contributed by atoms with Crippen LogP contribution in [0.2, 0.25) is 0 Å². The number of allylic oxidation sites excluding steroid dienone is 1. The fourth-order valence-electron chi connectivity index (χ4n) is 0.786. The maximum atomic E-state index is 11.4. The molecule has 1 N–H and O–H groups in total. The van der Waals surface area contributed by atoms with E-state index in [-0.39, 0.29) is 10.8 Å². The highest BCUT2D eigenvalue weighted by Crippen LogP contribution is 2.13. The molecule has 0 saturated carbocycles. The number of ketones is 1. The Morgan fingerprint density at radius 3 is 2.67 bits per heavy atom. The number of rotatable bonds is 4. The Balaban J connectivity index is 2.79. The minimum Gasteiger partial charge on any atom is -0.476 e. The second-order valence-corrected chi connectivity index (χ2v) is 4.01. The van der Waals surface area contributed by atoms with Crippen molar-refractivity contribution in [2.75, 3.05) is 14.1 Å². The fourth-order valence-corrected chi connectivity index (χ4v) is 1.46. The first kappa shape index (κ1) is 11.4. The van der Waals surface area contributed by atoms with Crippen LogP contribution in [0.25, 0.3) is 0 Å². The van der Waals surface area contributed by atoms with Gasteiger partial charge in [-0.2, -0.15) is 0 Å². The number of nitrogens with zero attached hydrogens (tertiary/aromatic N) is 2. The summed E-state index contributed by atoms with van der Waals surface area (Å²) in [6, 6.07) is 0. The first-order chi connectivity index (χ1) is 7.00. The van der Waals surface area contributed by atoms with Gasteiger partial charge in [0.25, 0.3) is 0 Å². The Morgan fingerprint density at radius 2 is 2.20 bits per heavy atom. The van der Waals surface area contributed by atoms with Crippen molar-refractivity contribution >= 4 is 23.1 Å². The normalized spacial score (nSPS) is 10.5. The maximum Gasteiger partial charge on any atom is 0.365 e. The number of carboxylic acid groups (broad SMARTS) is 1. The number of carboxylic acids is 1. The molecule has 0 saturated heterocycles. The fraction of sp³-hybridized carbons (Fsp3) is 0.222. The molecule has 0 bridgehead atoms. The van der Waals surface area contributed by atoms with Crippen LogP contribution in [0.15, 0.2) is 18.5 Å². The summed E-state index contributed by atoms with van der Waals surface area (Å²) in [4.78, 5) is 27.6. The van der Waals surface area contributed by atoms with Gasteiger partial charge in [0.1, 0.15) is 0 Å². The molecule has 0 atom stereocenters. The van der Waals surface area contributed by atoms with Crippen molar-refractivity contribution in [2.45, 2.75) is 0 Å². The molecule has 80 valence electrons. The second-order valence-electron chi connectivity index (χ2n) is 2.98. The number of hydrogen-bond donors (Lipinski definition) is 1. The smallest absolute Gasteiger partial charge is 0.365 e. The van der Waals surface area contributed by atoms with Gasteiger partial charge in [0.2, 0.25) is 5.01 Å². The molecule has 0 aliphatic rings. The Labute approximate surface area is 90.7 Å². The first-order valence-electron chi connectivity index (χ1n) is 4.09. The minimum absolute atomic E-state index is 0.0726. The summed E-state index contributed by atoms with van der Waals surface area (Å²) in [5.74, 6) is -1.36. The Morgan fingerprint density at radius 1 is 1.53 bits per heavy atom. The van der Waals surface area contributed by atoms with E-state index in [1.165, 1.54) is 12.3 Å². The quantitative estimate of drug-likeness (QED) is 0.615. The zero-order chi connectivity index (χ0) is 11.4. The molecule has 0 spiro atoms. The third-order valence-electron chi connectivity index (χ3n) is 1.46. The second kappa shape index (κ2) is 4.70. The molecule has 0 fully saturated rings. The van der Waals surface area contributed by atoms with Crippen LogP contribution in [0, 0.1) is 0 Å². The van der Waals surface area contributed by atoms with Gasteiger partial charge in [-0.1, -0.05) is 0 Å². The van der Waals surface area contributed by atoms with Crippen molar-refractivity contribution in [3.8, 4) is 0 Å². The van der Waals surface area contributed by atoms with Gasteiger partial charge in [0.15, 0.2) is 5.78 Å². The van der Waals surface area contributed by atoms with Gasteiger partial charge in [-0.05, 0) is 0 Å². The third-order valence-corrected chi connectivity index (χ3v) is 2.46. The van der Waals surface area contributed by atoms with Crippen molar-refractivity contribution in [3.05, 3.63) is 28.4 Å². The lowest BCUT2D eigenvalue weighted by Gasteiger charge is -2.01. The first-order valence-corrected chi connectivity index (χ1v) is 4.90. The topological polar surface area (TPSA) is 70.5 Å². The van der Waals surface area contributed by atoms with Gasteiger partial charge < -0.3 is 10.0 Å². The molecule has 0 amide bonds. The van der Waals surface area contributed by atoms with E-state index in [4.69, 9.17) is 5.11 Å². The number of carbonyl (C=O) groups is 2. The van der Waals surface area contributed by atoms with Crippen molar-refractivity contribution in [3.63, 3.8) is 0 Å². The SMILES string of the molecule is CN(C)/C=C/C(=O)c1cnc(C(=O)O)s1. The van der Waals surface area contributed by atoms with Crippen molar-refractivity contribution in [2.24, 2.45) is 0 Å². The summed E-state index contributed by atoms with van der Waals surface area (Å²) in [5, 5.41) is 8.54. The lowest BCUT2D eigenvalue weighted by Crippen LogP contribution is -2.02. The number of carbonyl (C=O) groups excluding carboxylic acids is 1. The molecule has 0 radical (unpaired) electrons. The summed E-state index contributed by atoms with van der Waals surface area (Å²) >= 11 is 0.871. The zero-order valence-electron chi connectivity index (χ0n) is 8.30. The van der Waals surface area contributed by atoms with E-state index in [0.717, 1.165) is 11.3 Å². The lowest BCUT2D eigenvalue weighted by atomic mass is 10.3. The van der Waals surface area contributed by atoms with Crippen LogP contribution >= 0.6 is 11.3 Å². The monoisotopic (exact) mass is 226 g/mol. The van der Waals surface area contributed by atoms with Crippen LogP contribution in [-0.4, -0.2) is 40.8 Å². The molecule has 6 heteroatoms. The predicted octanol–water partition coefficient (Wildman–Crippen LogP) is 1.10. The van der Waals surface area contributed by atoms with Crippen LogP contribution in [0.3, 0.4) is 0 Å². The minimum atomic E-state index is -1.12. The van der Waals surface area contributed by atoms with Crippen molar-refractivity contribution in [1.82, 2.24) is 9.88 Å². The third kappa shape index (κ3) is 3.17. The molecule has 0 aliphatic carbocycles. The van der Waals surface area contributed by atoms with E-state index in [2.05, 4.69) is 4.98 Å². The standard InChI is InChI=1S/C9H10N2O3S/c1-11(2)4-3-6(12)7-5-10-8(15-7)9(13)14/h3-5H,1-2H3,(H,13,14)/b4-3+. The highest BCUT2D eigenvalue weighted by molar-refractivity contribution is 7.15. The summed E-state index contributed by atoms with van der Waals surface area (Å²) in [6.45, 7) is 0. The summed E-state index contributed by atoms with van der Waals surface area (Å²) in [7, 11) is 3.58. The highest BCUT2D eigenvalue weighted by Gasteiger charge is 2.12. The maximum absolute atomic E-state index is 11.4. The number of aromatic carboxylic acids is 1. The van der Waals surface area contributed by atoms with Gasteiger partial charge in [-0.3, -0.25) is 4.79 Å². The van der Waals surface area contributed by atoms with Crippen LogP contribution in [-0.2, 0) is 0 Å². The van der Waals surface area contributed by atoms with E-state index in [0.29, 0.717) is 4.88 Å². The van der Waals surface area contributed by atoms with E-state index in [1.807, 2.05) is 0 Å². The molecule has 15 heavy (non-hydrogen) atoms. The van der Waals surface area contributed by atoms with Gasteiger partial charge >= 0.3 is 5.97 Å². The largest absolute Gasteiger partial charge is 0.476 e. The molecular formula is C9H10N2O3S. The lowest BCUT2D eigenvalue weighted by molar-refractivity contribution is 0.0696. The highest BCUT2D eigenvalue weighted by atomic mass is 32.1. The molecule has 0 unspecified atom stereocenters. The van der Waals surface area contributed by atoms with Crippen molar-refractivity contribution < 1.29 is 14.7 Å². The summed E-state index contributed by atoms with van der Waals surface area (Å²) < 4.78 is 0. The molecule has 5 nitrogen and oxygen atoms in total. The van der Waals surface area contributed by atoms with E-state index in [9.17, 15) is 9.59 Å². The van der Waals surface area contributed by atoms with Gasteiger partial charge in [0, 0.05) is 26.4 Å². The summed E-state index contributed by atoms with van der Waals surface area (Å²) in [5.41, 5.74) is 0. The predicted molar refractivity (Wildman–Crippen MR) is 56.2 cm³/mol. The van der Waals surface area contributed by atoms with Crippen LogP contribution in [0.4, 0.5) is 0 Å². The number of aromatic nitrogens is 1. The molecule has 0 aromatic carbocycles. The average Bonchev–Trinajstić information content (AvgIpc) is 2.62.